The van der Waals surface area contributed by atoms with Gasteiger partial charge in [-0.2, -0.15) is 0 Å². The Balaban J connectivity index is 2.09. The van der Waals surface area contributed by atoms with Gasteiger partial charge in [0.15, 0.2) is 0 Å². The van der Waals surface area contributed by atoms with Crippen molar-refractivity contribution < 1.29 is 9.53 Å². The maximum Gasteiger partial charge on any atom is 0.339 e. The van der Waals surface area contributed by atoms with Gasteiger partial charge in [-0.3, -0.25) is 0 Å². The Hall–Kier alpha value is -2.39. The summed E-state index contributed by atoms with van der Waals surface area (Å²) in [7, 11) is 3.92. The molecule has 0 aliphatic carbocycles. The van der Waals surface area contributed by atoms with E-state index in [1.165, 1.54) is 0 Å². The van der Waals surface area contributed by atoms with Gasteiger partial charge < -0.3 is 9.64 Å². The fourth-order valence-electron chi connectivity index (χ4n) is 2.63. The van der Waals surface area contributed by atoms with E-state index in [4.69, 9.17) is 4.74 Å². The van der Waals surface area contributed by atoms with Crippen LogP contribution in [0, 0.1) is 0 Å². The lowest BCUT2D eigenvalue weighted by atomic mass is 9.97. The first-order valence-corrected chi connectivity index (χ1v) is 7.39. The lowest BCUT2D eigenvalue weighted by Gasteiger charge is -2.13. The molecule has 0 aliphatic heterocycles. The zero-order valence-corrected chi connectivity index (χ0v) is 12.9. The molecular weight excluding hydrogens is 274 g/mol. The highest BCUT2D eigenvalue weighted by molar-refractivity contribution is 6.16. The summed E-state index contributed by atoms with van der Waals surface area (Å²) in [5.41, 5.74) is 0.660. The first kappa shape index (κ1) is 14.5. The third kappa shape index (κ3) is 2.81. The minimum absolute atomic E-state index is 0.255. The van der Waals surface area contributed by atoms with E-state index in [0.29, 0.717) is 18.7 Å². The van der Waals surface area contributed by atoms with Crippen LogP contribution in [0.4, 0.5) is 0 Å². The summed E-state index contributed by atoms with van der Waals surface area (Å²) in [6.07, 6.45) is 0. The standard InChI is InChI=1S/C19H19NO2/c1-20(2)11-12-22-19(21)18-16-9-5-3-7-14(16)13-15-8-4-6-10-17(15)18/h3-10,13H,11-12H2,1-2H3. The predicted molar refractivity (Wildman–Crippen MR) is 90.3 cm³/mol. The maximum absolute atomic E-state index is 12.6. The van der Waals surface area contributed by atoms with Crippen LogP contribution in [-0.4, -0.2) is 38.1 Å². The first-order chi connectivity index (χ1) is 10.7. The molecule has 3 heteroatoms. The van der Waals surface area contributed by atoms with Crippen LogP contribution in [0.3, 0.4) is 0 Å². The SMILES string of the molecule is CN(C)CCOC(=O)c1c2ccccc2cc2ccccc12. The highest BCUT2D eigenvalue weighted by Gasteiger charge is 2.15. The predicted octanol–water partition coefficient (Wildman–Crippen LogP) is 3.71. The number of likely N-dealkylation sites (N-methyl/N-ethyl adjacent to an activating group) is 1. The molecule has 3 nitrogen and oxygen atoms in total. The van der Waals surface area contributed by atoms with Crippen molar-refractivity contribution in [2.75, 3.05) is 27.2 Å². The van der Waals surface area contributed by atoms with Crippen LogP contribution in [-0.2, 0) is 4.74 Å². The van der Waals surface area contributed by atoms with Crippen molar-refractivity contribution in [3.05, 3.63) is 60.2 Å². The van der Waals surface area contributed by atoms with Gasteiger partial charge in [0.1, 0.15) is 6.61 Å². The number of benzene rings is 3. The molecule has 0 saturated carbocycles. The van der Waals surface area contributed by atoms with Gasteiger partial charge in [-0.1, -0.05) is 48.5 Å². The molecule has 3 aromatic rings. The summed E-state index contributed by atoms with van der Waals surface area (Å²) in [5, 5.41) is 3.99. The highest BCUT2D eigenvalue weighted by Crippen LogP contribution is 2.28. The van der Waals surface area contributed by atoms with E-state index < -0.39 is 0 Å². The topological polar surface area (TPSA) is 29.5 Å². The first-order valence-electron chi connectivity index (χ1n) is 7.39. The zero-order valence-electron chi connectivity index (χ0n) is 12.9. The van der Waals surface area contributed by atoms with Crippen LogP contribution in [0.25, 0.3) is 21.5 Å². The van der Waals surface area contributed by atoms with Crippen molar-refractivity contribution in [3.8, 4) is 0 Å². The van der Waals surface area contributed by atoms with Gasteiger partial charge in [0, 0.05) is 6.54 Å². The lowest BCUT2D eigenvalue weighted by molar-refractivity contribution is 0.0486. The van der Waals surface area contributed by atoms with Crippen LogP contribution in [0.2, 0.25) is 0 Å². The summed E-state index contributed by atoms with van der Waals surface area (Å²) in [5.74, 6) is -0.255. The molecule has 0 N–H and O–H groups in total. The second kappa shape index (κ2) is 6.16. The molecule has 0 spiro atoms. The number of carbonyl (C=O) groups excluding carboxylic acids is 1. The number of hydrogen-bond donors (Lipinski definition) is 0. The average molecular weight is 293 g/mol. The summed E-state index contributed by atoms with van der Waals surface area (Å²) in [6.45, 7) is 1.11. The molecule has 0 heterocycles. The van der Waals surface area contributed by atoms with Crippen molar-refractivity contribution in [1.29, 1.82) is 0 Å². The number of carbonyl (C=O) groups is 1. The van der Waals surface area contributed by atoms with Crippen LogP contribution in [0.15, 0.2) is 54.6 Å². The smallest absolute Gasteiger partial charge is 0.339 e. The van der Waals surface area contributed by atoms with Crippen molar-refractivity contribution in [3.63, 3.8) is 0 Å². The van der Waals surface area contributed by atoms with Crippen LogP contribution in [0.5, 0.6) is 0 Å². The molecule has 0 bridgehead atoms. The molecule has 22 heavy (non-hydrogen) atoms. The second-order valence-electron chi connectivity index (χ2n) is 5.63. The molecule has 0 radical (unpaired) electrons. The maximum atomic E-state index is 12.6. The van der Waals surface area contributed by atoms with Gasteiger partial charge in [-0.05, 0) is 41.7 Å². The fraction of sp³-hybridized carbons (Fsp3) is 0.211. The van der Waals surface area contributed by atoms with Crippen molar-refractivity contribution in [2.24, 2.45) is 0 Å². The normalized spacial score (nSPS) is 11.2. The highest BCUT2D eigenvalue weighted by atomic mass is 16.5. The quantitative estimate of drug-likeness (QED) is 0.542. The van der Waals surface area contributed by atoms with Crippen LogP contribution in [0.1, 0.15) is 10.4 Å². The number of esters is 1. The Morgan fingerprint density at radius 2 is 1.50 bits per heavy atom. The van der Waals surface area contributed by atoms with Gasteiger partial charge in [-0.15, -0.1) is 0 Å². The van der Waals surface area contributed by atoms with Crippen LogP contribution >= 0.6 is 0 Å². The molecule has 0 atom stereocenters. The number of rotatable bonds is 4. The molecule has 0 fully saturated rings. The molecule has 112 valence electrons. The van der Waals surface area contributed by atoms with E-state index in [1.807, 2.05) is 67.5 Å². The van der Waals surface area contributed by atoms with Gasteiger partial charge in [-0.25, -0.2) is 4.79 Å². The Morgan fingerprint density at radius 3 is 2.05 bits per heavy atom. The van der Waals surface area contributed by atoms with E-state index in [9.17, 15) is 4.79 Å². The van der Waals surface area contributed by atoms with E-state index in [2.05, 4.69) is 6.07 Å². The van der Waals surface area contributed by atoms with Gasteiger partial charge in [0.05, 0.1) is 5.56 Å². The third-order valence-electron chi connectivity index (χ3n) is 3.75. The largest absolute Gasteiger partial charge is 0.461 e. The molecule has 0 aliphatic rings. The molecule has 0 unspecified atom stereocenters. The van der Waals surface area contributed by atoms with E-state index in [0.717, 1.165) is 21.5 Å². The van der Waals surface area contributed by atoms with Crippen molar-refractivity contribution in [2.45, 2.75) is 0 Å². The fourth-order valence-corrected chi connectivity index (χ4v) is 2.63. The lowest BCUT2D eigenvalue weighted by Crippen LogP contribution is -2.20. The van der Waals surface area contributed by atoms with Gasteiger partial charge in [0.25, 0.3) is 0 Å². The minimum atomic E-state index is -0.255. The Morgan fingerprint density at radius 1 is 0.955 bits per heavy atom. The number of hydrogen-bond acceptors (Lipinski definition) is 3. The van der Waals surface area contributed by atoms with Crippen molar-refractivity contribution >= 4 is 27.5 Å². The zero-order chi connectivity index (χ0) is 15.5. The van der Waals surface area contributed by atoms with Crippen molar-refractivity contribution in [1.82, 2.24) is 4.90 Å². The number of ether oxygens (including phenoxy) is 1. The summed E-state index contributed by atoms with van der Waals surface area (Å²) >= 11 is 0. The Kier molecular flexibility index (Phi) is 4.07. The molecule has 3 rings (SSSR count). The average Bonchev–Trinajstić information content (AvgIpc) is 2.52. The van der Waals surface area contributed by atoms with E-state index in [1.54, 1.807) is 0 Å². The van der Waals surface area contributed by atoms with E-state index in [-0.39, 0.29) is 5.97 Å². The molecule has 3 aromatic carbocycles. The van der Waals surface area contributed by atoms with Crippen LogP contribution < -0.4 is 0 Å². The molecule has 0 amide bonds. The molecule has 0 saturated heterocycles. The van der Waals surface area contributed by atoms with E-state index >= 15 is 0 Å². The minimum Gasteiger partial charge on any atom is -0.461 e. The molecule has 0 aromatic heterocycles. The third-order valence-corrected chi connectivity index (χ3v) is 3.75. The summed E-state index contributed by atoms with van der Waals surface area (Å²) in [4.78, 5) is 14.6. The second-order valence-corrected chi connectivity index (χ2v) is 5.63. The Bertz CT molecular complexity index is 770. The number of nitrogens with zero attached hydrogens (tertiary/aromatic N) is 1. The summed E-state index contributed by atoms with van der Waals surface area (Å²) < 4.78 is 5.47. The molecular formula is C19H19NO2. The van der Waals surface area contributed by atoms with Gasteiger partial charge in [0.2, 0.25) is 0 Å². The monoisotopic (exact) mass is 293 g/mol. The number of fused-ring (bicyclic) bond motifs is 2. The Labute approximate surface area is 130 Å². The summed E-state index contributed by atoms with van der Waals surface area (Å²) in [6, 6.07) is 18.0. The van der Waals surface area contributed by atoms with Gasteiger partial charge >= 0.3 is 5.97 Å².